The lowest BCUT2D eigenvalue weighted by Gasteiger charge is -2.16. The van der Waals surface area contributed by atoms with E-state index in [0.29, 0.717) is 30.2 Å². The third-order valence-corrected chi connectivity index (χ3v) is 10.5. The quantitative estimate of drug-likeness (QED) is 0.0235. The number of carbonyl (C=O) groups excluding carboxylic acids is 1. The van der Waals surface area contributed by atoms with Crippen molar-refractivity contribution in [3.8, 4) is 17.2 Å². The van der Waals surface area contributed by atoms with Crippen molar-refractivity contribution in [2.45, 2.75) is 77.0 Å². The van der Waals surface area contributed by atoms with Gasteiger partial charge in [-0.2, -0.15) is 13.3 Å². The molecule has 0 spiro atoms. The summed E-state index contributed by atoms with van der Waals surface area (Å²) in [6, 6.07) is 18.8. The number of alkyl halides is 2. The predicted octanol–water partition coefficient (Wildman–Crippen LogP) is 8.67. The molecule has 5 rings (SSSR count). The van der Waals surface area contributed by atoms with Crippen molar-refractivity contribution in [3.05, 3.63) is 111 Å². The number of hydrogen-bond acceptors (Lipinski definition) is 8. The average Bonchev–Trinajstić information content (AvgIpc) is 4.02. The second-order valence-electron chi connectivity index (χ2n) is 14.4. The molecule has 1 amide bonds. The zero-order valence-corrected chi connectivity index (χ0v) is 34.9. The first kappa shape index (κ1) is 46.2. The van der Waals surface area contributed by atoms with Crippen LogP contribution in [0.5, 0.6) is 17.2 Å². The number of halogens is 4. The predicted molar refractivity (Wildman–Crippen MR) is 221 cm³/mol. The van der Waals surface area contributed by atoms with Crippen molar-refractivity contribution in [3.63, 3.8) is 0 Å². The Labute approximate surface area is 353 Å². The number of nitrogens with zero attached hydrogens (tertiary/aromatic N) is 1. The third-order valence-electron chi connectivity index (χ3n) is 9.49. The van der Waals surface area contributed by atoms with E-state index in [2.05, 4.69) is 39.6 Å². The van der Waals surface area contributed by atoms with Crippen molar-refractivity contribution in [1.29, 1.82) is 0 Å². The molecule has 0 bridgehead atoms. The number of phosphoric ester groups is 1. The number of aliphatic hydroxyl groups is 1. The number of phosphoric acid groups is 1. The Kier molecular flexibility index (Phi) is 18.2. The van der Waals surface area contributed by atoms with Crippen LogP contribution in [0.1, 0.15) is 84.5 Å². The number of anilines is 1. The second kappa shape index (κ2) is 23.2. The second-order valence-corrected chi connectivity index (χ2v) is 16.4. The Morgan fingerprint density at radius 2 is 1.59 bits per heavy atom. The van der Waals surface area contributed by atoms with E-state index in [1.807, 2.05) is 6.07 Å². The number of aliphatic hydroxyl groups excluding tert-OH is 1. The maximum atomic E-state index is 13.2. The fraction of sp³-hybridized carbons (Fsp3) is 0.429. The van der Waals surface area contributed by atoms with E-state index in [1.165, 1.54) is 46.8 Å². The molecule has 0 aliphatic heterocycles. The van der Waals surface area contributed by atoms with Gasteiger partial charge in [-0.05, 0) is 98.9 Å². The summed E-state index contributed by atoms with van der Waals surface area (Å²) >= 11 is 13.1. The molecule has 1 unspecified atom stereocenters. The molecule has 59 heavy (non-hydrogen) atoms. The van der Waals surface area contributed by atoms with E-state index in [1.54, 1.807) is 12.1 Å². The summed E-state index contributed by atoms with van der Waals surface area (Å²) in [5, 5.41) is 16.8. The van der Waals surface area contributed by atoms with E-state index in [9.17, 15) is 33.0 Å². The number of benzene rings is 3. The molecular weight excluding hydrogens is 830 g/mol. The van der Waals surface area contributed by atoms with Crippen LogP contribution in [0.4, 0.5) is 14.5 Å². The number of unbranched alkanes of at least 4 members (excludes halogenated alkanes) is 4. The zero-order chi connectivity index (χ0) is 42.2. The van der Waals surface area contributed by atoms with Crippen LogP contribution in [-0.2, 0) is 22.3 Å². The number of carbonyl (C=O) groups is 1. The Hall–Kier alpha value is -3.85. The van der Waals surface area contributed by atoms with Crippen LogP contribution >= 0.6 is 31.0 Å². The van der Waals surface area contributed by atoms with E-state index in [0.717, 1.165) is 71.0 Å². The van der Waals surface area contributed by atoms with Gasteiger partial charge in [0.15, 0.2) is 30.4 Å². The molecule has 12 nitrogen and oxygen atoms in total. The molecule has 4 aromatic rings. The van der Waals surface area contributed by atoms with Gasteiger partial charge in [0.2, 0.25) is 0 Å². The molecule has 1 heterocycles. The maximum absolute atomic E-state index is 13.2. The number of aromatic nitrogens is 1. The summed E-state index contributed by atoms with van der Waals surface area (Å²) in [4.78, 5) is 32.5. The molecule has 0 radical (unpaired) electrons. The van der Waals surface area contributed by atoms with Gasteiger partial charge in [0.05, 0.1) is 24.0 Å². The highest BCUT2D eigenvalue weighted by Gasteiger charge is 2.26. The SMILES string of the molecule is O=C(Nc1c(Cl)c[n+](Cc2ccc(C(O)CNCCCCCCOCCCCc3ccccc3)cc2OP(=O)(O)O)cc1Cl)c1ccc(OC(F)F)c(OCC2CC2)c1. The standard InChI is InChI=1S/C42H50Cl2F2N3O9P/c43-34-26-49(27-35(44)40(34)48-41(51)32-17-18-37(57-42(45)46)39(23-32)56-28-30-13-14-30)25-33-16-15-31(22-38(33)58-59(52,53)54)36(50)24-47-19-7-1-2-8-20-55-21-9-6-12-29-10-4-3-5-11-29/h3-5,10-11,15-18,22-23,26-27,30,36,42,47,50H,1-2,6-9,12-14,19-21,24-25,28H2,(H2,52,53,54)/p+1. The van der Waals surface area contributed by atoms with Gasteiger partial charge in [0.1, 0.15) is 15.8 Å². The maximum Gasteiger partial charge on any atom is 0.524 e. The molecule has 1 fully saturated rings. The number of rotatable bonds is 26. The normalized spacial score (nSPS) is 13.4. The van der Waals surface area contributed by atoms with Crippen molar-refractivity contribution in [2.24, 2.45) is 5.92 Å². The lowest BCUT2D eigenvalue weighted by Crippen LogP contribution is -2.34. The molecule has 1 atom stereocenters. The Bertz CT molecular complexity index is 1980. The summed E-state index contributed by atoms with van der Waals surface area (Å²) in [6.45, 7) is -0.362. The number of hydrogen-bond donors (Lipinski definition) is 5. The van der Waals surface area contributed by atoms with Gasteiger partial charge in [-0.15, -0.1) is 0 Å². The van der Waals surface area contributed by atoms with Gasteiger partial charge in [-0.3, -0.25) is 14.6 Å². The van der Waals surface area contributed by atoms with Crippen LogP contribution in [0.25, 0.3) is 0 Å². The van der Waals surface area contributed by atoms with Crippen molar-refractivity contribution < 1.29 is 56.3 Å². The van der Waals surface area contributed by atoms with Gasteiger partial charge in [-0.1, -0.05) is 72.4 Å². The van der Waals surface area contributed by atoms with E-state index in [-0.39, 0.29) is 51.6 Å². The van der Waals surface area contributed by atoms with E-state index in [4.69, 9.17) is 37.2 Å². The largest absolute Gasteiger partial charge is 0.524 e. The summed E-state index contributed by atoms with van der Waals surface area (Å²) in [5.74, 6) is -0.672. The first-order valence-electron chi connectivity index (χ1n) is 19.6. The molecule has 1 saturated carbocycles. The molecule has 320 valence electrons. The van der Waals surface area contributed by atoms with Crippen LogP contribution in [-0.4, -0.2) is 60.3 Å². The summed E-state index contributed by atoms with van der Waals surface area (Å²) in [5.41, 5.74) is 2.22. The topological polar surface area (TPSA) is 160 Å². The van der Waals surface area contributed by atoms with Crippen LogP contribution in [0.3, 0.4) is 0 Å². The van der Waals surface area contributed by atoms with Crippen LogP contribution in [0, 0.1) is 5.92 Å². The fourth-order valence-electron chi connectivity index (χ4n) is 6.18. The van der Waals surface area contributed by atoms with Crippen LogP contribution in [0.2, 0.25) is 10.0 Å². The molecule has 0 saturated heterocycles. The average molecular weight is 882 g/mol. The lowest BCUT2D eigenvalue weighted by molar-refractivity contribution is -0.688. The molecular formula is C42H51Cl2F2N3O9P+. The van der Waals surface area contributed by atoms with Gasteiger partial charge in [-0.25, -0.2) is 4.57 Å². The monoisotopic (exact) mass is 880 g/mol. The number of aryl methyl sites for hydroxylation is 1. The Morgan fingerprint density at radius 3 is 2.29 bits per heavy atom. The Balaban J connectivity index is 1.09. The van der Waals surface area contributed by atoms with Gasteiger partial charge >= 0.3 is 14.4 Å². The minimum absolute atomic E-state index is 0.000184. The van der Waals surface area contributed by atoms with E-state index < -0.39 is 26.4 Å². The number of amides is 1. The fourth-order valence-corrected chi connectivity index (χ4v) is 7.20. The first-order chi connectivity index (χ1) is 28.3. The number of pyridine rings is 1. The summed E-state index contributed by atoms with van der Waals surface area (Å²) in [6.07, 6.45) is 11.0. The van der Waals surface area contributed by atoms with Gasteiger partial charge < -0.3 is 34.5 Å². The highest BCUT2D eigenvalue weighted by Crippen LogP contribution is 2.40. The number of nitrogens with one attached hydrogen (secondary N) is 2. The van der Waals surface area contributed by atoms with Crippen molar-refractivity contribution in [2.75, 3.05) is 38.2 Å². The van der Waals surface area contributed by atoms with Crippen LogP contribution < -0.4 is 29.2 Å². The number of ether oxygens (including phenoxy) is 3. The van der Waals surface area contributed by atoms with Crippen molar-refractivity contribution in [1.82, 2.24) is 5.32 Å². The molecule has 1 aliphatic rings. The van der Waals surface area contributed by atoms with Crippen molar-refractivity contribution >= 4 is 42.6 Å². The van der Waals surface area contributed by atoms with Gasteiger partial charge in [0, 0.05) is 25.3 Å². The Morgan fingerprint density at radius 1 is 0.881 bits per heavy atom. The highest BCUT2D eigenvalue weighted by atomic mass is 35.5. The highest BCUT2D eigenvalue weighted by molar-refractivity contribution is 7.46. The molecule has 17 heteroatoms. The first-order valence-corrected chi connectivity index (χ1v) is 21.9. The minimum Gasteiger partial charge on any atom is -0.489 e. The molecule has 1 aliphatic carbocycles. The lowest BCUT2D eigenvalue weighted by atomic mass is 10.1. The zero-order valence-electron chi connectivity index (χ0n) is 32.5. The smallest absolute Gasteiger partial charge is 0.489 e. The summed E-state index contributed by atoms with van der Waals surface area (Å²) < 4.78 is 60.4. The molecule has 1 aromatic heterocycles. The third kappa shape index (κ3) is 16.3. The summed E-state index contributed by atoms with van der Waals surface area (Å²) in [7, 11) is -4.99. The van der Waals surface area contributed by atoms with E-state index >= 15 is 0 Å². The molecule has 5 N–H and O–H groups in total. The van der Waals surface area contributed by atoms with Gasteiger partial charge in [0.25, 0.3) is 5.91 Å². The minimum atomic E-state index is -4.99. The molecule has 3 aromatic carbocycles. The van der Waals surface area contributed by atoms with Crippen LogP contribution in [0.15, 0.2) is 79.1 Å².